The first-order valence-electron chi connectivity index (χ1n) is 11.0. The van der Waals surface area contributed by atoms with E-state index in [9.17, 15) is 14.0 Å². The first kappa shape index (κ1) is 22.3. The highest BCUT2D eigenvalue weighted by molar-refractivity contribution is 5.82. The van der Waals surface area contributed by atoms with Gasteiger partial charge in [0.1, 0.15) is 11.6 Å². The molecule has 1 N–H and O–H groups in total. The summed E-state index contributed by atoms with van der Waals surface area (Å²) in [4.78, 5) is 32.7. The van der Waals surface area contributed by atoms with Gasteiger partial charge in [-0.25, -0.2) is 9.18 Å². The molecule has 0 spiro atoms. The Morgan fingerprint density at radius 1 is 1.03 bits per heavy atom. The molecule has 0 bridgehead atoms. The molecule has 9 heteroatoms. The van der Waals surface area contributed by atoms with Crippen molar-refractivity contribution in [2.75, 3.05) is 0 Å². The van der Waals surface area contributed by atoms with Crippen LogP contribution in [0.4, 0.5) is 4.39 Å². The fourth-order valence-electron chi connectivity index (χ4n) is 3.74. The van der Waals surface area contributed by atoms with Gasteiger partial charge in [-0.3, -0.25) is 9.36 Å². The Labute approximate surface area is 198 Å². The van der Waals surface area contributed by atoms with Crippen LogP contribution in [0.25, 0.3) is 33.7 Å². The number of halogens is 1. The van der Waals surface area contributed by atoms with E-state index in [4.69, 9.17) is 9.26 Å². The first-order chi connectivity index (χ1) is 16.9. The van der Waals surface area contributed by atoms with Crippen LogP contribution in [0.5, 0.6) is 5.75 Å². The summed E-state index contributed by atoms with van der Waals surface area (Å²) in [7, 11) is 0. The van der Waals surface area contributed by atoms with Gasteiger partial charge in [0.05, 0.1) is 23.6 Å². The van der Waals surface area contributed by atoms with Gasteiger partial charge >= 0.3 is 5.69 Å². The second-order valence-electron chi connectivity index (χ2n) is 8.29. The number of aromatic amines is 1. The summed E-state index contributed by atoms with van der Waals surface area (Å²) < 4.78 is 26.1. The van der Waals surface area contributed by atoms with E-state index in [0.717, 1.165) is 15.9 Å². The Bertz CT molecular complexity index is 1630. The molecule has 0 unspecified atom stereocenters. The SMILES string of the molecule is CC(C)Oc1ccc(-c2noc(-c3ccc4c(=O)n(Cc5ccccc5F)c(=O)[nH]c4c3)n2)cc1. The summed E-state index contributed by atoms with van der Waals surface area (Å²) in [6, 6.07) is 18.2. The predicted molar refractivity (Wildman–Crippen MR) is 129 cm³/mol. The predicted octanol–water partition coefficient (Wildman–Crippen LogP) is 4.38. The first-order valence-corrected chi connectivity index (χ1v) is 11.0. The van der Waals surface area contributed by atoms with Crippen LogP contribution in [0.1, 0.15) is 19.4 Å². The molecule has 2 heterocycles. The summed E-state index contributed by atoms with van der Waals surface area (Å²) in [5.41, 5.74) is 0.695. The van der Waals surface area contributed by atoms with E-state index >= 15 is 0 Å². The Kier molecular flexibility index (Phi) is 5.74. The Hall–Kier alpha value is -4.53. The van der Waals surface area contributed by atoms with Crippen LogP contribution in [-0.2, 0) is 6.54 Å². The highest BCUT2D eigenvalue weighted by atomic mass is 19.1. The molecule has 0 fully saturated rings. The number of hydrogen-bond acceptors (Lipinski definition) is 6. The van der Waals surface area contributed by atoms with Gasteiger partial charge in [-0.1, -0.05) is 23.4 Å². The van der Waals surface area contributed by atoms with Gasteiger partial charge in [0, 0.05) is 16.7 Å². The summed E-state index contributed by atoms with van der Waals surface area (Å²) in [5.74, 6) is 0.890. The summed E-state index contributed by atoms with van der Waals surface area (Å²) in [6.07, 6.45) is 0.0700. The van der Waals surface area contributed by atoms with Gasteiger partial charge in [0.25, 0.3) is 11.4 Å². The molecule has 5 rings (SSSR count). The number of ether oxygens (including phenoxy) is 1. The molecule has 176 valence electrons. The molecule has 0 aliphatic rings. The quantitative estimate of drug-likeness (QED) is 0.393. The lowest BCUT2D eigenvalue weighted by Gasteiger charge is -2.09. The Balaban J connectivity index is 1.46. The van der Waals surface area contributed by atoms with Gasteiger partial charge in [-0.2, -0.15) is 4.98 Å². The number of benzene rings is 3. The van der Waals surface area contributed by atoms with Gasteiger partial charge in [-0.05, 0) is 62.4 Å². The molecule has 0 atom stereocenters. The maximum Gasteiger partial charge on any atom is 0.329 e. The highest BCUT2D eigenvalue weighted by Gasteiger charge is 2.15. The van der Waals surface area contributed by atoms with Crippen molar-refractivity contribution in [2.45, 2.75) is 26.5 Å². The minimum absolute atomic E-state index is 0.0700. The van der Waals surface area contributed by atoms with E-state index in [1.807, 2.05) is 38.1 Å². The normalized spacial score (nSPS) is 11.3. The largest absolute Gasteiger partial charge is 0.491 e. The maximum absolute atomic E-state index is 14.0. The molecule has 0 amide bonds. The van der Waals surface area contributed by atoms with Crippen molar-refractivity contribution in [3.8, 4) is 28.6 Å². The minimum atomic E-state index is -0.641. The lowest BCUT2D eigenvalue weighted by atomic mass is 10.1. The fraction of sp³-hybridized carbons (Fsp3) is 0.154. The van der Waals surface area contributed by atoms with Crippen molar-refractivity contribution < 1.29 is 13.7 Å². The second kappa shape index (κ2) is 9.02. The van der Waals surface area contributed by atoms with E-state index in [1.54, 1.807) is 30.3 Å². The van der Waals surface area contributed by atoms with Gasteiger partial charge in [0.2, 0.25) is 5.82 Å². The molecule has 0 saturated carbocycles. The van der Waals surface area contributed by atoms with Crippen molar-refractivity contribution in [1.82, 2.24) is 19.7 Å². The van der Waals surface area contributed by atoms with Crippen molar-refractivity contribution >= 4 is 10.9 Å². The highest BCUT2D eigenvalue weighted by Crippen LogP contribution is 2.25. The molecule has 8 nitrogen and oxygen atoms in total. The lowest BCUT2D eigenvalue weighted by Crippen LogP contribution is -2.35. The molecular weight excluding hydrogens is 451 g/mol. The summed E-state index contributed by atoms with van der Waals surface area (Å²) in [6.45, 7) is 3.73. The van der Waals surface area contributed by atoms with Gasteiger partial charge in [-0.15, -0.1) is 0 Å². The molecular formula is C26H21FN4O4. The van der Waals surface area contributed by atoms with Crippen LogP contribution < -0.4 is 16.0 Å². The van der Waals surface area contributed by atoms with E-state index in [1.165, 1.54) is 12.1 Å². The molecule has 3 aromatic carbocycles. The topological polar surface area (TPSA) is 103 Å². The zero-order valence-electron chi connectivity index (χ0n) is 19.0. The minimum Gasteiger partial charge on any atom is -0.491 e. The number of nitrogens with one attached hydrogen (secondary N) is 1. The maximum atomic E-state index is 14.0. The van der Waals surface area contributed by atoms with Crippen molar-refractivity contribution in [3.63, 3.8) is 0 Å². The van der Waals surface area contributed by atoms with E-state index in [2.05, 4.69) is 15.1 Å². The van der Waals surface area contributed by atoms with E-state index < -0.39 is 17.1 Å². The summed E-state index contributed by atoms with van der Waals surface area (Å²) >= 11 is 0. The standard InChI is InChI=1S/C26H21FN4O4/c1-15(2)34-19-10-7-16(8-11-19)23-29-24(35-30-23)17-9-12-20-22(13-17)28-26(33)31(25(20)32)14-18-5-3-4-6-21(18)27/h3-13,15H,14H2,1-2H3,(H,28,33). The molecule has 0 aliphatic carbocycles. The number of nitrogens with zero attached hydrogens (tertiary/aromatic N) is 3. The van der Waals surface area contributed by atoms with Crippen LogP contribution in [0.2, 0.25) is 0 Å². The van der Waals surface area contributed by atoms with Crippen molar-refractivity contribution in [2.24, 2.45) is 0 Å². The molecule has 0 aliphatic heterocycles. The number of aromatic nitrogens is 4. The van der Waals surface area contributed by atoms with Crippen LogP contribution in [0.3, 0.4) is 0 Å². The second-order valence-corrected chi connectivity index (χ2v) is 8.29. The van der Waals surface area contributed by atoms with Gasteiger partial charge < -0.3 is 14.2 Å². The average Bonchev–Trinajstić information content (AvgIpc) is 3.33. The Morgan fingerprint density at radius 3 is 2.51 bits per heavy atom. The lowest BCUT2D eigenvalue weighted by molar-refractivity contribution is 0.242. The third-order valence-corrected chi connectivity index (χ3v) is 5.43. The smallest absolute Gasteiger partial charge is 0.329 e. The molecule has 2 aromatic heterocycles. The fourth-order valence-corrected chi connectivity index (χ4v) is 3.74. The van der Waals surface area contributed by atoms with Crippen molar-refractivity contribution in [1.29, 1.82) is 0 Å². The molecule has 5 aromatic rings. The molecule has 0 saturated heterocycles. The zero-order chi connectivity index (χ0) is 24.5. The number of H-pyrrole nitrogens is 1. The average molecular weight is 472 g/mol. The number of fused-ring (bicyclic) bond motifs is 1. The van der Waals surface area contributed by atoms with Crippen LogP contribution >= 0.6 is 0 Å². The number of rotatable bonds is 6. The molecule has 35 heavy (non-hydrogen) atoms. The van der Waals surface area contributed by atoms with Crippen LogP contribution in [0, 0.1) is 5.82 Å². The monoisotopic (exact) mass is 472 g/mol. The third-order valence-electron chi connectivity index (χ3n) is 5.43. The number of hydrogen-bond donors (Lipinski definition) is 1. The van der Waals surface area contributed by atoms with Crippen LogP contribution in [-0.4, -0.2) is 25.8 Å². The van der Waals surface area contributed by atoms with Gasteiger partial charge in [0.15, 0.2) is 0 Å². The third kappa shape index (κ3) is 4.48. The van der Waals surface area contributed by atoms with E-state index in [-0.39, 0.29) is 29.5 Å². The van der Waals surface area contributed by atoms with Crippen molar-refractivity contribution in [3.05, 3.63) is 98.9 Å². The van der Waals surface area contributed by atoms with E-state index in [0.29, 0.717) is 16.9 Å². The van der Waals surface area contributed by atoms with Crippen LogP contribution in [0.15, 0.2) is 80.8 Å². The Morgan fingerprint density at radius 2 is 1.77 bits per heavy atom. The summed E-state index contributed by atoms with van der Waals surface area (Å²) in [5, 5.41) is 4.32. The molecule has 0 radical (unpaired) electrons. The zero-order valence-corrected chi connectivity index (χ0v) is 19.0.